The van der Waals surface area contributed by atoms with Crippen LogP contribution in [-0.2, 0) is 16.9 Å². The molecule has 2 heterocycles. The van der Waals surface area contributed by atoms with Gasteiger partial charge < -0.3 is 5.32 Å². The minimum absolute atomic E-state index is 0.199. The fourth-order valence-electron chi connectivity index (χ4n) is 3.97. The quantitative estimate of drug-likeness (QED) is 0.767. The average molecular weight is 413 g/mol. The normalized spacial score (nSPS) is 23.4. The van der Waals surface area contributed by atoms with Gasteiger partial charge in [-0.25, -0.2) is 9.69 Å². The summed E-state index contributed by atoms with van der Waals surface area (Å²) < 4.78 is 0. The van der Waals surface area contributed by atoms with E-state index in [1.54, 1.807) is 6.92 Å². The monoisotopic (exact) mass is 412 g/mol. The maximum absolute atomic E-state index is 13.0. The highest BCUT2D eigenvalue weighted by atomic mass is 35.5. The van der Waals surface area contributed by atoms with Gasteiger partial charge in [0.1, 0.15) is 5.54 Å². The first-order valence-corrected chi connectivity index (χ1v) is 10.2. The van der Waals surface area contributed by atoms with Gasteiger partial charge in [-0.1, -0.05) is 54.1 Å². The van der Waals surface area contributed by atoms with E-state index in [1.165, 1.54) is 10.5 Å². The topological polar surface area (TPSA) is 55.9 Å². The smallest absolute Gasteiger partial charge is 0.319 e. The summed E-state index contributed by atoms with van der Waals surface area (Å²) in [6.45, 7) is 6.31. The molecule has 2 fully saturated rings. The zero-order chi connectivity index (χ0) is 20.4. The maximum Gasteiger partial charge on any atom is 0.326 e. The average Bonchev–Trinajstić information content (AvgIpc) is 2.94. The highest BCUT2D eigenvalue weighted by Gasteiger charge is 2.49. The molecule has 3 amide bonds. The lowest BCUT2D eigenvalue weighted by Crippen LogP contribution is -2.51. The SMILES string of the molecule is C[C@]1(c2ccccc2)NC(=O)N(CN2CCN(Cc3cccc(Cl)c3)CC2)C1=O. The number of imide groups is 1. The molecule has 2 aliphatic rings. The zero-order valence-electron chi connectivity index (χ0n) is 16.5. The third kappa shape index (κ3) is 4.15. The summed E-state index contributed by atoms with van der Waals surface area (Å²) in [7, 11) is 0. The zero-order valence-corrected chi connectivity index (χ0v) is 17.2. The number of piperazine rings is 1. The lowest BCUT2D eigenvalue weighted by molar-refractivity contribution is -0.132. The molecule has 0 bridgehead atoms. The second-order valence-electron chi connectivity index (χ2n) is 7.82. The van der Waals surface area contributed by atoms with Gasteiger partial charge in [0.25, 0.3) is 5.91 Å². The third-order valence-electron chi connectivity index (χ3n) is 5.73. The van der Waals surface area contributed by atoms with Gasteiger partial charge >= 0.3 is 6.03 Å². The van der Waals surface area contributed by atoms with Crippen LogP contribution in [-0.4, -0.2) is 59.5 Å². The van der Waals surface area contributed by atoms with Gasteiger partial charge in [0, 0.05) is 37.7 Å². The molecule has 0 spiro atoms. The van der Waals surface area contributed by atoms with Gasteiger partial charge in [-0.3, -0.25) is 14.6 Å². The number of halogens is 1. The van der Waals surface area contributed by atoms with Gasteiger partial charge in [0.2, 0.25) is 0 Å². The third-order valence-corrected chi connectivity index (χ3v) is 5.96. The summed E-state index contributed by atoms with van der Waals surface area (Å²) in [5.74, 6) is -0.199. The summed E-state index contributed by atoms with van der Waals surface area (Å²) in [6, 6.07) is 17.0. The molecule has 2 saturated heterocycles. The summed E-state index contributed by atoms with van der Waals surface area (Å²) >= 11 is 6.07. The van der Waals surface area contributed by atoms with E-state index in [4.69, 9.17) is 11.6 Å². The standard InChI is InChI=1S/C22H25ClN4O2/c1-22(18-7-3-2-4-8-18)20(28)27(21(29)24-22)16-26-12-10-25(11-13-26)15-17-6-5-9-19(23)14-17/h2-9,14H,10-13,15-16H2,1H3,(H,24,29)/t22-/m1/s1. The Kier molecular flexibility index (Phi) is 5.58. The molecular weight excluding hydrogens is 388 g/mol. The molecular formula is C22H25ClN4O2. The number of carbonyl (C=O) groups excluding carboxylic acids is 2. The van der Waals surface area contributed by atoms with E-state index in [-0.39, 0.29) is 11.9 Å². The number of urea groups is 1. The molecule has 2 aromatic carbocycles. The molecule has 0 saturated carbocycles. The fourth-order valence-corrected chi connectivity index (χ4v) is 4.19. The number of amides is 3. The molecule has 152 valence electrons. The molecule has 2 aromatic rings. The van der Waals surface area contributed by atoms with Gasteiger partial charge in [-0.2, -0.15) is 0 Å². The summed E-state index contributed by atoms with van der Waals surface area (Å²) in [6.07, 6.45) is 0. The lowest BCUT2D eigenvalue weighted by Gasteiger charge is -2.36. The van der Waals surface area contributed by atoms with E-state index in [0.29, 0.717) is 6.67 Å². The van der Waals surface area contributed by atoms with Crippen molar-refractivity contribution in [1.82, 2.24) is 20.0 Å². The predicted octanol–water partition coefficient (Wildman–Crippen LogP) is 2.88. The molecule has 1 atom stereocenters. The number of benzene rings is 2. The Labute approximate surface area is 176 Å². The van der Waals surface area contributed by atoms with Crippen LogP contribution in [0.4, 0.5) is 4.79 Å². The van der Waals surface area contributed by atoms with Crippen molar-refractivity contribution in [2.75, 3.05) is 32.8 Å². The molecule has 29 heavy (non-hydrogen) atoms. The number of nitrogens with zero attached hydrogens (tertiary/aromatic N) is 3. The Bertz CT molecular complexity index is 899. The first-order chi connectivity index (χ1) is 14.0. The Hall–Kier alpha value is -2.41. The summed E-state index contributed by atoms with van der Waals surface area (Å²) in [4.78, 5) is 31.4. The second-order valence-corrected chi connectivity index (χ2v) is 8.26. The molecule has 4 rings (SSSR count). The molecule has 7 heteroatoms. The Morgan fingerprint density at radius 2 is 1.66 bits per heavy atom. The summed E-state index contributed by atoms with van der Waals surface area (Å²) in [5.41, 5.74) is 0.984. The van der Waals surface area contributed by atoms with Crippen LogP contribution in [0.2, 0.25) is 5.02 Å². The minimum Gasteiger partial charge on any atom is -0.319 e. The van der Waals surface area contributed by atoms with Crippen molar-refractivity contribution in [2.45, 2.75) is 19.0 Å². The van der Waals surface area contributed by atoms with Gasteiger partial charge in [-0.15, -0.1) is 0 Å². The van der Waals surface area contributed by atoms with E-state index in [2.05, 4.69) is 21.2 Å². The molecule has 0 radical (unpaired) electrons. The van der Waals surface area contributed by atoms with Crippen molar-refractivity contribution in [2.24, 2.45) is 0 Å². The van der Waals surface area contributed by atoms with Crippen molar-refractivity contribution in [3.63, 3.8) is 0 Å². The van der Waals surface area contributed by atoms with E-state index in [1.807, 2.05) is 48.5 Å². The van der Waals surface area contributed by atoms with Crippen LogP contribution in [0.1, 0.15) is 18.1 Å². The van der Waals surface area contributed by atoms with Crippen molar-refractivity contribution in [3.8, 4) is 0 Å². The number of carbonyl (C=O) groups is 2. The van der Waals surface area contributed by atoms with Gasteiger partial charge in [0.05, 0.1) is 6.67 Å². The van der Waals surface area contributed by atoms with Crippen LogP contribution in [0.5, 0.6) is 0 Å². The number of hydrogen-bond acceptors (Lipinski definition) is 4. The largest absolute Gasteiger partial charge is 0.326 e. The van der Waals surface area contributed by atoms with E-state index in [0.717, 1.165) is 43.3 Å². The van der Waals surface area contributed by atoms with Crippen molar-refractivity contribution in [3.05, 3.63) is 70.7 Å². The highest BCUT2D eigenvalue weighted by Crippen LogP contribution is 2.28. The Balaban J connectivity index is 1.35. The van der Waals surface area contributed by atoms with Crippen LogP contribution < -0.4 is 5.32 Å². The number of hydrogen-bond donors (Lipinski definition) is 1. The first-order valence-electron chi connectivity index (χ1n) is 9.84. The van der Waals surface area contributed by atoms with Crippen LogP contribution >= 0.6 is 11.6 Å². The number of rotatable bonds is 5. The van der Waals surface area contributed by atoms with Crippen molar-refractivity contribution >= 4 is 23.5 Å². The molecule has 0 unspecified atom stereocenters. The van der Waals surface area contributed by atoms with Crippen LogP contribution in [0.25, 0.3) is 0 Å². The fraction of sp³-hybridized carbons (Fsp3) is 0.364. The Morgan fingerprint density at radius 1 is 0.966 bits per heavy atom. The van der Waals surface area contributed by atoms with Crippen molar-refractivity contribution in [1.29, 1.82) is 0 Å². The maximum atomic E-state index is 13.0. The molecule has 2 aliphatic heterocycles. The van der Waals surface area contributed by atoms with Crippen LogP contribution in [0, 0.1) is 0 Å². The summed E-state index contributed by atoms with van der Waals surface area (Å²) in [5, 5.41) is 3.62. The van der Waals surface area contributed by atoms with Crippen molar-refractivity contribution < 1.29 is 9.59 Å². The predicted molar refractivity (Wildman–Crippen MR) is 112 cm³/mol. The lowest BCUT2D eigenvalue weighted by atomic mass is 9.92. The second kappa shape index (κ2) is 8.14. The molecule has 0 aliphatic carbocycles. The van der Waals surface area contributed by atoms with Crippen LogP contribution in [0.3, 0.4) is 0 Å². The van der Waals surface area contributed by atoms with Crippen LogP contribution in [0.15, 0.2) is 54.6 Å². The van der Waals surface area contributed by atoms with Gasteiger partial charge in [-0.05, 0) is 30.2 Å². The molecule has 0 aromatic heterocycles. The van der Waals surface area contributed by atoms with Gasteiger partial charge in [0.15, 0.2) is 0 Å². The highest BCUT2D eigenvalue weighted by molar-refractivity contribution is 6.30. The Morgan fingerprint density at radius 3 is 2.34 bits per heavy atom. The van der Waals surface area contributed by atoms with E-state index >= 15 is 0 Å². The molecule has 6 nitrogen and oxygen atoms in total. The number of nitrogens with one attached hydrogen (secondary N) is 1. The molecule has 1 N–H and O–H groups in total. The minimum atomic E-state index is -1.01. The van der Waals surface area contributed by atoms with E-state index in [9.17, 15) is 9.59 Å². The first kappa shape index (κ1) is 19.9. The van der Waals surface area contributed by atoms with E-state index < -0.39 is 5.54 Å².